The van der Waals surface area contributed by atoms with Crippen molar-refractivity contribution in [1.82, 2.24) is 4.31 Å². The number of anilines is 1. The van der Waals surface area contributed by atoms with Crippen molar-refractivity contribution in [2.24, 2.45) is 5.92 Å². The first kappa shape index (κ1) is 22.1. The highest BCUT2D eigenvalue weighted by Gasteiger charge is 2.34. The van der Waals surface area contributed by atoms with E-state index in [0.29, 0.717) is 18.6 Å². The lowest BCUT2D eigenvalue weighted by Gasteiger charge is -2.31. The SMILES string of the molecule is CCc1ccc(NC(=O)C2CCN(S(=O)(=O)c3cc(OC)ccc3OC)CC2)cc1. The van der Waals surface area contributed by atoms with Gasteiger partial charge >= 0.3 is 0 Å². The Kier molecular flexibility index (Phi) is 6.99. The maximum absolute atomic E-state index is 13.2. The fraction of sp³-hybridized carbons (Fsp3) is 0.409. The van der Waals surface area contributed by atoms with Crippen molar-refractivity contribution in [3.05, 3.63) is 48.0 Å². The molecule has 7 nitrogen and oxygen atoms in total. The molecule has 2 aromatic carbocycles. The normalized spacial score (nSPS) is 15.6. The number of carbonyl (C=O) groups is 1. The van der Waals surface area contributed by atoms with Gasteiger partial charge in [-0.3, -0.25) is 4.79 Å². The number of nitrogens with zero attached hydrogens (tertiary/aromatic N) is 1. The number of aryl methyl sites for hydroxylation is 1. The minimum Gasteiger partial charge on any atom is -0.497 e. The first-order chi connectivity index (χ1) is 14.4. The zero-order valence-corrected chi connectivity index (χ0v) is 18.4. The van der Waals surface area contributed by atoms with Gasteiger partial charge < -0.3 is 14.8 Å². The van der Waals surface area contributed by atoms with Gasteiger partial charge in [-0.1, -0.05) is 19.1 Å². The second-order valence-corrected chi connectivity index (χ2v) is 9.14. The summed E-state index contributed by atoms with van der Waals surface area (Å²) in [5.74, 6) is 0.411. The van der Waals surface area contributed by atoms with Crippen LogP contribution in [0, 0.1) is 5.92 Å². The number of rotatable bonds is 7. The van der Waals surface area contributed by atoms with E-state index in [2.05, 4.69) is 12.2 Å². The largest absolute Gasteiger partial charge is 0.497 e. The molecule has 0 bridgehead atoms. The van der Waals surface area contributed by atoms with Crippen molar-refractivity contribution in [3.63, 3.8) is 0 Å². The third kappa shape index (κ3) is 4.76. The zero-order chi connectivity index (χ0) is 21.7. The molecule has 0 spiro atoms. The number of nitrogens with one attached hydrogen (secondary N) is 1. The van der Waals surface area contributed by atoms with Crippen LogP contribution in [-0.2, 0) is 21.2 Å². The lowest BCUT2D eigenvalue weighted by molar-refractivity contribution is -0.120. The van der Waals surface area contributed by atoms with Gasteiger partial charge in [-0.2, -0.15) is 4.31 Å². The van der Waals surface area contributed by atoms with Crippen LogP contribution in [0.4, 0.5) is 5.69 Å². The topological polar surface area (TPSA) is 84.9 Å². The molecule has 1 aliphatic heterocycles. The second-order valence-electron chi connectivity index (χ2n) is 7.23. The first-order valence-corrected chi connectivity index (χ1v) is 11.4. The van der Waals surface area contributed by atoms with E-state index >= 15 is 0 Å². The molecule has 0 unspecified atom stereocenters. The van der Waals surface area contributed by atoms with E-state index in [9.17, 15) is 13.2 Å². The Morgan fingerprint density at radius 1 is 1.07 bits per heavy atom. The van der Waals surface area contributed by atoms with E-state index in [1.807, 2.05) is 24.3 Å². The number of ether oxygens (including phenoxy) is 2. The maximum atomic E-state index is 13.2. The predicted octanol–water partition coefficient (Wildman–Crippen LogP) is 3.31. The summed E-state index contributed by atoms with van der Waals surface area (Å²) < 4.78 is 38.1. The van der Waals surface area contributed by atoms with Crippen molar-refractivity contribution in [3.8, 4) is 11.5 Å². The van der Waals surface area contributed by atoms with E-state index in [0.717, 1.165) is 12.1 Å². The molecule has 1 amide bonds. The van der Waals surface area contributed by atoms with Gasteiger partial charge in [-0.15, -0.1) is 0 Å². The highest BCUT2D eigenvalue weighted by atomic mass is 32.2. The number of amides is 1. The second kappa shape index (κ2) is 9.49. The van der Waals surface area contributed by atoms with Crippen molar-refractivity contribution >= 4 is 21.6 Å². The summed E-state index contributed by atoms with van der Waals surface area (Å²) in [7, 11) is -0.837. The van der Waals surface area contributed by atoms with E-state index in [1.54, 1.807) is 12.1 Å². The number of hydrogen-bond donors (Lipinski definition) is 1. The van der Waals surface area contributed by atoms with Crippen molar-refractivity contribution in [1.29, 1.82) is 0 Å². The summed E-state index contributed by atoms with van der Waals surface area (Å²) in [5, 5.41) is 2.94. The summed E-state index contributed by atoms with van der Waals surface area (Å²) in [4.78, 5) is 12.7. The average Bonchev–Trinajstić information content (AvgIpc) is 2.79. The van der Waals surface area contributed by atoms with Gasteiger partial charge in [0.15, 0.2) is 0 Å². The molecule has 30 heavy (non-hydrogen) atoms. The minimum atomic E-state index is -3.76. The highest BCUT2D eigenvalue weighted by molar-refractivity contribution is 7.89. The van der Waals surface area contributed by atoms with Crippen molar-refractivity contribution in [2.45, 2.75) is 31.1 Å². The Labute approximate surface area is 178 Å². The molecular formula is C22H28N2O5S. The fourth-order valence-corrected chi connectivity index (χ4v) is 5.19. The molecule has 1 N–H and O–H groups in total. The van der Waals surface area contributed by atoms with Crippen LogP contribution >= 0.6 is 0 Å². The molecule has 1 fully saturated rings. The number of hydrogen-bond acceptors (Lipinski definition) is 5. The van der Waals surface area contributed by atoms with Crippen LogP contribution in [0.3, 0.4) is 0 Å². The molecule has 1 heterocycles. The molecule has 0 saturated carbocycles. The molecule has 1 saturated heterocycles. The van der Waals surface area contributed by atoms with E-state index in [-0.39, 0.29) is 35.6 Å². The van der Waals surface area contributed by atoms with Gasteiger partial charge in [0.25, 0.3) is 0 Å². The van der Waals surface area contributed by atoms with Gasteiger partial charge in [0.05, 0.1) is 14.2 Å². The lowest BCUT2D eigenvalue weighted by Crippen LogP contribution is -2.41. The zero-order valence-electron chi connectivity index (χ0n) is 17.6. The first-order valence-electron chi connectivity index (χ1n) is 10.0. The average molecular weight is 433 g/mol. The van der Waals surface area contributed by atoms with Crippen LogP contribution in [0.2, 0.25) is 0 Å². The Bertz CT molecular complexity index is 981. The van der Waals surface area contributed by atoms with Crippen LogP contribution in [-0.4, -0.2) is 45.9 Å². The third-order valence-corrected chi connectivity index (χ3v) is 7.36. The minimum absolute atomic E-state index is 0.0725. The Morgan fingerprint density at radius 2 is 1.73 bits per heavy atom. The number of piperidine rings is 1. The molecule has 162 valence electrons. The molecule has 3 rings (SSSR count). The van der Waals surface area contributed by atoms with Gasteiger partial charge in [0.2, 0.25) is 15.9 Å². The number of benzene rings is 2. The third-order valence-electron chi connectivity index (χ3n) is 5.44. The maximum Gasteiger partial charge on any atom is 0.246 e. The van der Waals surface area contributed by atoms with E-state index < -0.39 is 10.0 Å². The van der Waals surface area contributed by atoms with E-state index in [1.165, 1.54) is 30.2 Å². The summed E-state index contributed by atoms with van der Waals surface area (Å²) in [6, 6.07) is 12.5. The van der Waals surface area contributed by atoms with Gasteiger partial charge in [-0.25, -0.2) is 8.42 Å². The van der Waals surface area contributed by atoms with Crippen LogP contribution in [0.1, 0.15) is 25.3 Å². The van der Waals surface area contributed by atoms with Crippen molar-refractivity contribution in [2.75, 3.05) is 32.6 Å². The summed E-state index contributed by atoms with van der Waals surface area (Å²) in [6.45, 7) is 2.63. The Balaban J connectivity index is 1.66. The molecule has 0 aromatic heterocycles. The molecule has 1 aliphatic rings. The van der Waals surface area contributed by atoms with E-state index in [4.69, 9.17) is 9.47 Å². The summed E-state index contributed by atoms with van der Waals surface area (Å²) >= 11 is 0. The smallest absolute Gasteiger partial charge is 0.246 e. The highest BCUT2D eigenvalue weighted by Crippen LogP contribution is 2.32. The number of sulfonamides is 1. The van der Waals surface area contributed by atoms with Crippen LogP contribution < -0.4 is 14.8 Å². The van der Waals surface area contributed by atoms with Crippen LogP contribution in [0.15, 0.2) is 47.4 Å². The molecule has 2 aromatic rings. The molecule has 0 radical (unpaired) electrons. The van der Waals surface area contributed by atoms with Crippen LogP contribution in [0.5, 0.6) is 11.5 Å². The fourth-order valence-electron chi connectivity index (χ4n) is 3.55. The number of carbonyl (C=O) groups excluding carboxylic acids is 1. The van der Waals surface area contributed by atoms with Crippen LogP contribution in [0.25, 0.3) is 0 Å². The lowest BCUT2D eigenvalue weighted by atomic mass is 9.97. The molecule has 0 atom stereocenters. The molecule has 8 heteroatoms. The van der Waals surface area contributed by atoms with Crippen molar-refractivity contribution < 1.29 is 22.7 Å². The summed E-state index contributed by atoms with van der Waals surface area (Å²) in [5.41, 5.74) is 1.97. The summed E-state index contributed by atoms with van der Waals surface area (Å²) in [6.07, 6.45) is 1.87. The Hall–Kier alpha value is -2.58. The van der Waals surface area contributed by atoms with Gasteiger partial charge in [0, 0.05) is 30.8 Å². The van der Waals surface area contributed by atoms with Gasteiger partial charge in [-0.05, 0) is 49.1 Å². The van der Waals surface area contributed by atoms with Gasteiger partial charge in [0.1, 0.15) is 16.4 Å². The Morgan fingerprint density at radius 3 is 2.30 bits per heavy atom. The quantitative estimate of drug-likeness (QED) is 0.726. The number of methoxy groups -OCH3 is 2. The molecule has 0 aliphatic carbocycles. The molecular weight excluding hydrogens is 404 g/mol. The standard InChI is InChI=1S/C22H28N2O5S/c1-4-16-5-7-18(8-6-16)23-22(25)17-11-13-24(14-12-17)30(26,27)21-15-19(28-2)9-10-20(21)29-3/h5-10,15,17H,4,11-14H2,1-3H3,(H,23,25). The predicted molar refractivity (Wildman–Crippen MR) is 115 cm³/mol. The monoisotopic (exact) mass is 432 g/mol.